The van der Waals surface area contributed by atoms with E-state index >= 15 is 0 Å². The number of pyridine rings is 1. The molecule has 11 heavy (non-hydrogen) atoms. The van der Waals surface area contributed by atoms with Crippen LogP contribution in [0.15, 0.2) is 12.3 Å². The highest BCUT2D eigenvalue weighted by atomic mass is 19.1. The fraction of sp³-hybridized carbons (Fsp3) is 0.375. The van der Waals surface area contributed by atoms with Crippen LogP contribution in [0.3, 0.4) is 0 Å². The number of hydrogen-bond donors (Lipinski definition) is 1. The number of aromatic nitrogens is 1. The minimum atomic E-state index is -0.467. The summed E-state index contributed by atoms with van der Waals surface area (Å²) in [5, 5.41) is 0. The van der Waals surface area contributed by atoms with Crippen molar-refractivity contribution in [2.24, 2.45) is 5.73 Å². The Kier molecular flexibility index (Phi) is 2.19. The van der Waals surface area contributed by atoms with Crippen molar-refractivity contribution in [3.8, 4) is 0 Å². The number of hydrogen-bond acceptors (Lipinski definition) is 2. The first kappa shape index (κ1) is 8.14. The lowest BCUT2D eigenvalue weighted by Crippen LogP contribution is -2.08. The van der Waals surface area contributed by atoms with Crippen molar-refractivity contribution >= 4 is 0 Å². The third-order valence-electron chi connectivity index (χ3n) is 1.49. The molecule has 1 atom stereocenters. The second-order valence-corrected chi connectivity index (χ2v) is 2.68. The molecule has 0 aliphatic carbocycles. The molecular formula is C8H11FN2. The molecule has 2 nitrogen and oxygen atoms in total. The molecule has 0 fully saturated rings. The van der Waals surface area contributed by atoms with Crippen LogP contribution in [0.4, 0.5) is 4.39 Å². The molecule has 0 aliphatic heterocycles. The van der Waals surface area contributed by atoms with Crippen LogP contribution in [0.25, 0.3) is 0 Å². The molecule has 0 saturated carbocycles. The Hall–Kier alpha value is -0.960. The summed E-state index contributed by atoms with van der Waals surface area (Å²) in [4.78, 5) is 3.55. The Morgan fingerprint density at radius 2 is 2.27 bits per heavy atom. The third kappa shape index (κ3) is 1.74. The summed E-state index contributed by atoms with van der Waals surface area (Å²) in [6.45, 7) is 3.60. The number of nitrogens with two attached hydrogens (primary N) is 1. The van der Waals surface area contributed by atoms with Gasteiger partial charge in [-0.1, -0.05) is 0 Å². The minimum absolute atomic E-state index is 0.289. The lowest BCUT2D eigenvalue weighted by molar-refractivity contribution is 0.552. The molecule has 0 bridgehead atoms. The smallest absolute Gasteiger partial charge is 0.217 e. The van der Waals surface area contributed by atoms with E-state index < -0.39 is 5.95 Å². The Morgan fingerprint density at radius 3 is 2.73 bits per heavy atom. The van der Waals surface area contributed by atoms with Crippen LogP contribution in [0.2, 0.25) is 0 Å². The van der Waals surface area contributed by atoms with Crippen molar-refractivity contribution in [1.29, 1.82) is 0 Å². The van der Waals surface area contributed by atoms with Gasteiger partial charge >= 0.3 is 0 Å². The van der Waals surface area contributed by atoms with Gasteiger partial charge < -0.3 is 5.73 Å². The van der Waals surface area contributed by atoms with Gasteiger partial charge in [0.25, 0.3) is 0 Å². The maximum Gasteiger partial charge on any atom is 0.217 e. The maximum atomic E-state index is 12.8. The predicted octanol–water partition coefficient (Wildman–Crippen LogP) is 1.55. The van der Waals surface area contributed by atoms with E-state index in [9.17, 15) is 4.39 Å². The SMILES string of the molecule is Cc1cnc(F)c(C(C)N)c1. The van der Waals surface area contributed by atoms with E-state index in [-0.39, 0.29) is 6.04 Å². The molecule has 0 radical (unpaired) electrons. The molecular weight excluding hydrogens is 143 g/mol. The molecule has 1 heterocycles. The molecule has 1 unspecified atom stereocenters. The summed E-state index contributed by atoms with van der Waals surface area (Å²) in [6.07, 6.45) is 1.49. The van der Waals surface area contributed by atoms with Crippen LogP contribution in [0.1, 0.15) is 24.1 Å². The quantitative estimate of drug-likeness (QED) is 0.623. The van der Waals surface area contributed by atoms with Gasteiger partial charge in [-0.25, -0.2) is 4.98 Å². The molecule has 0 spiro atoms. The largest absolute Gasteiger partial charge is 0.324 e. The molecule has 0 saturated heterocycles. The third-order valence-corrected chi connectivity index (χ3v) is 1.49. The van der Waals surface area contributed by atoms with Crippen molar-refractivity contribution < 1.29 is 4.39 Å². The maximum absolute atomic E-state index is 12.8. The number of halogens is 1. The van der Waals surface area contributed by atoms with Crippen LogP contribution in [0.5, 0.6) is 0 Å². The van der Waals surface area contributed by atoms with E-state index in [4.69, 9.17) is 5.73 Å². The van der Waals surface area contributed by atoms with E-state index in [1.807, 2.05) is 6.92 Å². The summed E-state index contributed by atoms with van der Waals surface area (Å²) in [6, 6.07) is 1.43. The summed E-state index contributed by atoms with van der Waals surface area (Å²) < 4.78 is 12.8. The molecule has 0 amide bonds. The average molecular weight is 154 g/mol. The van der Waals surface area contributed by atoms with E-state index in [2.05, 4.69) is 4.98 Å². The molecule has 1 aromatic rings. The highest BCUT2D eigenvalue weighted by molar-refractivity contribution is 5.20. The number of aryl methyl sites for hydroxylation is 1. The predicted molar refractivity (Wildman–Crippen MR) is 41.5 cm³/mol. The summed E-state index contributed by atoms with van der Waals surface area (Å²) >= 11 is 0. The molecule has 0 aliphatic rings. The standard InChI is InChI=1S/C8H11FN2/c1-5-3-7(6(2)10)8(9)11-4-5/h3-4,6H,10H2,1-2H3. The van der Waals surface area contributed by atoms with Crippen LogP contribution >= 0.6 is 0 Å². The van der Waals surface area contributed by atoms with Crippen LogP contribution in [0, 0.1) is 12.9 Å². The molecule has 3 heteroatoms. The summed E-state index contributed by atoms with van der Waals surface area (Å²) in [5.41, 5.74) is 6.91. The molecule has 60 valence electrons. The lowest BCUT2D eigenvalue weighted by Gasteiger charge is -2.05. The van der Waals surface area contributed by atoms with Gasteiger partial charge in [0.15, 0.2) is 0 Å². The zero-order valence-electron chi connectivity index (χ0n) is 6.63. The van der Waals surface area contributed by atoms with Crippen LogP contribution < -0.4 is 5.73 Å². The van der Waals surface area contributed by atoms with Crippen molar-refractivity contribution in [1.82, 2.24) is 4.98 Å². The number of nitrogens with zero attached hydrogens (tertiary/aromatic N) is 1. The first-order valence-corrected chi connectivity index (χ1v) is 3.49. The zero-order chi connectivity index (χ0) is 8.43. The van der Waals surface area contributed by atoms with Gasteiger partial charge in [-0.15, -0.1) is 0 Å². The van der Waals surface area contributed by atoms with E-state index in [1.165, 1.54) is 6.20 Å². The Balaban J connectivity index is 3.13. The van der Waals surface area contributed by atoms with Crippen molar-refractivity contribution in [3.05, 3.63) is 29.3 Å². The van der Waals surface area contributed by atoms with Crippen molar-refractivity contribution in [2.45, 2.75) is 19.9 Å². The summed E-state index contributed by atoms with van der Waals surface area (Å²) in [7, 11) is 0. The van der Waals surface area contributed by atoms with Gasteiger partial charge in [-0.3, -0.25) is 0 Å². The minimum Gasteiger partial charge on any atom is -0.324 e. The van der Waals surface area contributed by atoms with E-state index in [0.29, 0.717) is 5.56 Å². The van der Waals surface area contributed by atoms with Crippen LogP contribution in [-0.2, 0) is 0 Å². The van der Waals surface area contributed by atoms with E-state index in [0.717, 1.165) is 5.56 Å². The topological polar surface area (TPSA) is 38.9 Å². The first-order chi connectivity index (χ1) is 5.11. The molecule has 2 N–H and O–H groups in total. The Morgan fingerprint density at radius 1 is 1.64 bits per heavy atom. The molecule has 1 rings (SSSR count). The second-order valence-electron chi connectivity index (χ2n) is 2.68. The molecule has 0 aromatic carbocycles. The molecule has 1 aromatic heterocycles. The Labute approximate surface area is 65.3 Å². The highest BCUT2D eigenvalue weighted by Crippen LogP contribution is 2.13. The first-order valence-electron chi connectivity index (χ1n) is 3.49. The van der Waals surface area contributed by atoms with Gasteiger partial charge in [0, 0.05) is 17.8 Å². The van der Waals surface area contributed by atoms with Gasteiger partial charge in [0.2, 0.25) is 5.95 Å². The van der Waals surface area contributed by atoms with Gasteiger partial charge in [0.1, 0.15) is 0 Å². The fourth-order valence-corrected chi connectivity index (χ4v) is 0.894. The van der Waals surface area contributed by atoms with Crippen molar-refractivity contribution in [2.75, 3.05) is 0 Å². The van der Waals surface area contributed by atoms with Gasteiger partial charge in [-0.05, 0) is 25.5 Å². The van der Waals surface area contributed by atoms with Gasteiger partial charge in [-0.2, -0.15) is 4.39 Å². The Bertz CT molecular complexity index is 258. The highest BCUT2D eigenvalue weighted by Gasteiger charge is 2.06. The van der Waals surface area contributed by atoms with E-state index in [1.54, 1.807) is 13.0 Å². The summed E-state index contributed by atoms with van der Waals surface area (Å²) in [5.74, 6) is -0.467. The van der Waals surface area contributed by atoms with Gasteiger partial charge in [0.05, 0.1) is 0 Å². The second kappa shape index (κ2) is 2.96. The fourth-order valence-electron chi connectivity index (χ4n) is 0.894. The van der Waals surface area contributed by atoms with Crippen molar-refractivity contribution in [3.63, 3.8) is 0 Å². The monoisotopic (exact) mass is 154 g/mol. The normalized spacial score (nSPS) is 13.1. The van der Waals surface area contributed by atoms with Crippen LogP contribution in [-0.4, -0.2) is 4.98 Å². The average Bonchev–Trinajstić information content (AvgIpc) is 1.94. The lowest BCUT2D eigenvalue weighted by atomic mass is 10.1. The zero-order valence-corrected chi connectivity index (χ0v) is 6.63. The number of rotatable bonds is 1.